The minimum absolute atomic E-state index is 0.222. The number of carbonyl (C=O) groups is 1. The molecule has 0 amide bonds. The lowest BCUT2D eigenvalue weighted by molar-refractivity contribution is 0.0521. The SMILES string of the molecule is CCOC(=O)c1ncn(CC(C)CN2CCCC2)c1N. The lowest BCUT2D eigenvalue weighted by Gasteiger charge is -2.20. The fourth-order valence-corrected chi connectivity index (χ4v) is 2.69. The van der Waals surface area contributed by atoms with Gasteiger partial charge < -0.3 is 19.9 Å². The van der Waals surface area contributed by atoms with Gasteiger partial charge in [0.15, 0.2) is 5.69 Å². The number of hydrogen-bond donors (Lipinski definition) is 1. The molecule has 0 saturated carbocycles. The van der Waals surface area contributed by atoms with Crippen LogP contribution in [0.25, 0.3) is 0 Å². The molecular formula is C14H24N4O2. The summed E-state index contributed by atoms with van der Waals surface area (Å²) in [5.41, 5.74) is 6.20. The third-order valence-electron chi connectivity index (χ3n) is 3.62. The summed E-state index contributed by atoms with van der Waals surface area (Å²) in [5, 5.41) is 0. The van der Waals surface area contributed by atoms with Crippen molar-refractivity contribution in [2.45, 2.75) is 33.2 Å². The summed E-state index contributed by atoms with van der Waals surface area (Å²) in [6.07, 6.45) is 4.22. The molecule has 6 nitrogen and oxygen atoms in total. The highest BCUT2D eigenvalue weighted by Gasteiger charge is 2.19. The van der Waals surface area contributed by atoms with Crippen LogP contribution in [0.3, 0.4) is 0 Å². The Hall–Kier alpha value is -1.56. The van der Waals surface area contributed by atoms with Gasteiger partial charge in [-0.05, 0) is 38.8 Å². The molecule has 2 N–H and O–H groups in total. The Kier molecular flexibility index (Phi) is 5.00. The molecule has 0 spiro atoms. The molecule has 0 aromatic carbocycles. The average molecular weight is 280 g/mol. The summed E-state index contributed by atoms with van der Waals surface area (Å²) in [6, 6.07) is 0. The lowest BCUT2D eigenvalue weighted by Crippen LogP contribution is -2.27. The van der Waals surface area contributed by atoms with Crippen LogP contribution in [-0.4, -0.2) is 46.7 Å². The second-order valence-electron chi connectivity index (χ2n) is 5.46. The summed E-state index contributed by atoms with van der Waals surface area (Å²) in [4.78, 5) is 18.2. The van der Waals surface area contributed by atoms with Crippen LogP contribution in [0.5, 0.6) is 0 Å². The fourth-order valence-electron chi connectivity index (χ4n) is 2.69. The quantitative estimate of drug-likeness (QED) is 0.797. The standard InChI is InChI=1S/C14H24N4O2/c1-3-20-14(19)12-13(15)18(10-16-12)9-11(2)8-17-6-4-5-7-17/h10-11H,3-9,15H2,1-2H3. The van der Waals surface area contributed by atoms with E-state index in [0.717, 1.165) is 13.1 Å². The Morgan fingerprint density at radius 2 is 2.15 bits per heavy atom. The van der Waals surface area contributed by atoms with E-state index < -0.39 is 5.97 Å². The number of anilines is 1. The van der Waals surface area contributed by atoms with Gasteiger partial charge in [-0.2, -0.15) is 0 Å². The first-order valence-corrected chi connectivity index (χ1v) is 7.32. The molecule has 1 atom stereocenters. The highest BCUT2D eigenvalue weighted by molar-refractivity contribution is 5.92. The number of rotatable bonds is 6. The van der Waals surface area contributed by atoms with E-state index in [0.29, 0.717) is 18.3 Å². The van der Waals surface area contributed by atoms with E-state index in [2.05, 4.69) is 16.8 Å². The third-order valence-corrected chi connectivity index (χ3v) is 3.62. The molecule has 0 aliphatic carbocycles. The zero-order valence-corrected chi connectivity index (χ0v) is 12.3. The van der Waals surface area contributed by atoms with E-state index in [-0.39, 0.29) is 5.69 Å². The number of hydrogen-bond acceptors (Lipinski definition) is 5. The molecule has 1 aromatic rings. The Morgan fingerprint density at radius 1 is 1.45 bits per heavy atom. The van der Waals surface area contributed by atoms with Gasteiger partial charge in [-0.3, -0.25) is 0 Å². The van der Waals surface area contributed by atoms with E-state index in [1.807, 2.05) is 4.57 Å². The summed E-state index contributed by atoms with van der Waals surface area (Å²) < 4.78 is 6.77. The molecule has 0 radical (unpaired) electrons. The zero-order chi connectivity index (χ0) is 14.5. The normalized spacial score (nSPS) is 17.3. The van der Waals surface area contributed by atoms with Crippen LogP contribution in [0, 0.1) is 5.92 Å². The maximum atomic E-state index is 11.7. The van der Waals surface area contributed by atoms with Gasteiger partial charge in [0.25, 0.3) is 0 Å². The van der Waals surface area contributed by atoms with E-state index in [1.54, 1.807) is 13.3 Å². The molecule has 1 aromatic heterocycles. The summed E-state index contributed by atoms with van der Waals surface area (Å²) >= 11 is 0. The number of carbonyl (C=O) groups excluding carboxylic acids is 1. The minimum atomic E-state index is -0.448. The number of esters is 1. The highest BCUT2D eigenvalue weighted by atomic mass is 16.5. The molecule has 2 heterocycles. The van der Waals surface area contributed by atoms with Gasteiger partial charge in [0.05, 0.1) is 12.9 Å². The molecule has 1 unspecified atom stereocenters. The number of nitrogen functional groups attached to an aromatic ring is 1. The van der Waals surface area contributed by atoms with Crippen LogP contribution < -0.4 is 5.73 Å². The van der Waals surface area contributed by atoms with Crippen LogP contribution >= 0.6 is 0 Å². The number of ether oxygens (including phenoxy) is 1. The van der Waals surface area contributed by atoms with Gasteiger partial charge in [0, 0.05) is 13.1 Å². The van der Waals surface area contributed by atoms with Crippen molar-refractivity contribution in [3.8, 4) is 0 Å². The van der Waals surface area contributed by atoms with Crippen molar-refractivity contribution < 1.29 is 9.53 Å². The highest BCUT2D eigenvalue weighted by Crippen LogP contribution is 2.16. The molecule has 1 aliphatic rings. The Bertz CT molecular complexity index is 452. The number of imidazole rings is 1. The van der Waals surface area contributed by atoms with Crippen molar-refractivity contribution in [1.82, 2.24) is 14.5 Å². The second-order valence-corrected chi connectivity index (χ2v) is 5.46. The maximum absolute atomic E-state index is 11.7. The van der Waals surface area contributed by atoms with Gasteiger partial charge in [-0.15, -0.1) is 0 Å². The van der Waals surface area contributed by atoms with Gasteiger partial charge in [-0.1, -0.05) is 6.92 Å². The van der Waals surface area contributed by atoms with Crippen molar-refractivity contribution in [3.63, 3.8) is 0 Å². The first-order valence-electron chi connectivity index (χ1n) is 7.32. The van der Waals surface area contributed by atoms with E-state index in [1.165, 1.54) is 25.9 Å². The van der Waals surface area contributed by atoms with E-state index >= 15 is 0 Å². The summed E-state index contributed by atoms with van der Waals surface area (Å²) in [6.45, 7) is 8.51. The number of likely N-dealkylation sites (tertiary alicyclic amines) is 1. The molecule has 2 rings (SSSR count). The van der Waals surface area contributed by atoms with Crippen molar-refractivity contribution in [1.29, 1.82) is 0 Å². The van der Waals surface area contributed by atoms with Crippen molar-refractivity contribution in [2.75, 3.05) is 32.0 Å². The fraction of sp³-hybridized carbons (Fsp3) is 0.714. The number of aromatic nitrogens is 2. The van der Waals surface area contributed by atoms with Gasteiger partial charge >= 0.3 is 5.97 Å². The van der Waals surface area contributed by atoms with Crippen molar-refractivity contribution in [2.24, 2.45) is 5.92 Å². The Morgan fingerprint density at radius 3 is 2.80 bits per heavy atom. The van der Waals surface area contributed by atoms with E-state index in [4.69, 9.17) is 10.5 Å². The molecule has 0 bridgehead atoms. The molecule has 112 valence electrons. The first kappa shape index (κ1) is 14.8. The molecular weight excluding hydrogens is 256 g/mol. The molecule has 1 aliphatic heterocycles. The number of nitrogens with zero attached hydrogens (tertiary/aromatic N) is 3. The monoisotopic (exact) mass is 280 g/mol. The lowest BCUT2D eigenvalue weighted by atomic mass is 10.1. The van der Waals surface area contributed by atoms with Crippen LogP contribution in [0.4, 0.5) is 5.82 Å². The van der Waals surface area contributed by atoms with Crippen LogP contribution in [0.1, 0.15) is 37.2 Å². The molecule has 1 fully saturated rings. The van der Waals surface area contributed by atoms with Gasteiger partial charge in [0.1, 0.15) is 5.82 Å². The zero-order valence-electron chi connectivity index (χ0n) is 12.3. The first-order chi connectivity index (χ1) is 9.61. The minimum Gasteiger partial charge on any atom is -0.461 e. The number of nitrogens with two attached hydrogens (primary N) is 1. The van der Waals surface area contributed by atoms with Gasteiger partial charge in [0.2, 0.25) is 0 Å². The Labute approximate surface area is 119 Å². The van der Waals surface area contributed by atoms with Crippen LogP contribution in [0.2, 0.25) is 0 Å². The van der Waals surface area contributed by atoms with Crippen LogP contribution in [0.15, 0.2) is 6.33 Å². The van der Waals surface area contributed by atoms with Crippen LogP contribution in [-0.2, 0) is 11.3 Å². The predicted octanol–water partition coefficient (Wildman–Crippen LogP) is 1.37. The summed E-state index contributed by atoms with van der Waals surface area (Å²) in [5.74, 6) is 0.423. The van der Waals surface area contributed by atoms with Gasteiger partial charge in [-0.25, -0.2) is 9.78 Å². The second kappa shape index (κ2) is 6.74. The average Bonchev–Trinajstić information content (AvgIpc) is 3.01. The molecule has 1 saturated heterocycles. The molecule has 20 heavy (non-hydrogen) atoms. The smallest absolute Gasteiger partial charge is 0.360 e. The molecule has 6 heteroatoms. The predicted molar refractivity (Wildman–Crippen MR) is 77.4 cm³/mol. The van der Waals surface area contributed by atoms with Crippen molar-refractivity contribution in [3.05, 3.63) is 12.0 Å². The van der Waals surface area contributed by atoms with Crippen molar-refractivity contribution >= 4 is 11.8 Å². The maximum Gasteiger partial charge on any atom is 0.360 e. The largest absolute Gasteiger partial charge is 0.461 e. The third kappa shape index (κ3) is 3.50. The topological polar surface area (TPSA) is 73.4 Å². The summed E-state index contributed by atoms with van der Waals surface area (Å²) in [7, 11) is 0. The van der Waals surface area contributed by atoms with E-state index in [9.17, 15) is 4.79 Å². The Balaban J connectivity index is 1.93.